The molecular weight excluding hydrogens is 867 g/mol. The number of aliphatic imine (C=N–C) groups is 1. The van der Waals surface area contributed by atoms with Crippen LogP contribution in [-0.4, -0.2) is 170 Å². The highest BCUT2D eigenvalue weighted by Gasteiger charge is 2.41. The normalized spacial score (nSPS) is 16.6. The number of nitrogens with one attached hydrogen (secondary N) is 8. The second kappa shape index (κ2) is 27.1. The number of carbonyl (C=O) groups excluding carboxylic acids is 11. The number of rotatable bonds is 25. The molecule has 0 spiro atoms. The molecule has 2 fully saturated rings. The Kier molecular flexibility index (Phi) is 21.7. The number of hydrogen-bond acceptors (Lipinski definition) is 13. The molecule has 0 aromatic heterocycles. The van der Waals surface area contributed by atoms with Gasteiger partial charge in [0.05, 0.1) is 45.2 Å². The van der Waals surface area contributed by atoms with Gasteiger partial charge in [-0.05, 0) is 50.5 Å². The number of amides is 11. The number of nitrogens with two attached hydrogens (primary N) is 4. The number of likely N-dealkylation sites (tertiary alicyclic amines) is 2. The highest BCUT2D eigenvalue weighted by atomic mass is 16.2. The fourth-order valence-electron chi connectivity index (χ4n) is 7.05. The van der Waals surface area contributed by atoms with Crippen LogP contribution < -0.4 is 65.5 Å². The lowest BCUT2D eigenvalue weighted by Crippen LogP contribution is -2.57. The summed E-state index contributed by atoms with van der Waals surface area (Å²) in [6, 6.07) is 3.93. The van der Waals surface area contributed by atoms with Gasteiger partial charge in [-0.3, -0.25) is 57.7 Å². The van der Waals surface area contributed by atoms with Crippen LogP contribution in [-0.2, 0) is 59.2 Å². The summed E-state index contributed by atoms with van der Waals surface area (Å²) in [7, 11) is 1.34. The molecule has 26 nitrogen and oxygen atoms in total. The number of carbonyl (C=O) groups is 11. The molecule has 0 unspecified atom stereocenters. The van der Waals surface area contributed by atoms with Crippen molar-refractivity contribution in [3.63, 3.8) is 0 Å². The van der Waals surface area contributed by atoms with Crippen LogP contribution in [0.4, 0.5) is 0 Å². The van der Waals surface area contributed by atoms with Crippen LogP contribution in [0.15, 0.2) is 35.3 Å². The van der Waals surface area contributed by atoms with Crippen LogP contribution in [0.5, 0.6) is 0 Å². The van der Waals surface area contributed by atoms with Crippen molar-refractivity contribution >= 4 is 70.9 Å². The largest absolute Gasteiger partial charge is 0.370 e. The van der Waals surface area contributed by atoms with Crippen molar-refractivity contribution in [2.45, 2.75) is 81.6 Å². The van der Waals surface area contributed by atoms with E-state index in [4.69, 9.17) is 22.9 Å². The van der Waals surface area contributed by atoms with E-state index in [2.05, 4.69) is 47.5 Å². The summed E-state index contributed by atoms with van der Waals surface area (Å²) in [5.41, 5.74) is 23.2. The SMILES string of the molecule is CNC(=O)CNC(=O)[C@H](CC(N)=O)NC(=O)CNC(=O)CNC(=O)CNC(=O)CNC(=O)[C@@H]1CCCN1C(=O)[C@H](CCCN=C(N)N)NC(=O)[C@@H]1CCCN1C(=O)[C@H](N)Cc1ccccc1. The summed E-state index contributed by atoms with van der Waals surface area (Å²) in [4.78, 5) is 146. The Morgan fingerprint density at radius 3 is 1.74 bits per heavy atom. The van der Waals surface area contributed by atoms with Gasteiger partial charge in [-0.2, -0.15) is 0 Å². The number of guanidine groups is 1. The van der Waals surface area contributed by atoms with Crippen LogP contribution >= 0.6 is 0 Å². The molecule has 1 aromatic rings. The predicted octanol–water partition coefficient (Wildman–Crippen LogP) is -7.24. The first-order chi connectivity index (χ1) is 31.4. The van der Waals surface area contributed by atoms with Crippen LogP contribution in [0.1, 0.15) is 50.5 Å². The van der Waals surface area contributed by atoms with Gasteiger partial charge in [-0.1, -0.05) is 30.3 Å². The summed E-state index contributed by atoms with van der Waals surface area (Å²) < 4.78 is 0. The first-order valence-electron chi connectivity index (χ1n) is 21.3. The Labute approximate surface area is 380 Å². The van der Waals surface area contributed by atoms with Gasteiger partial charge in [0.1, 0.15) is 24.2 Å². The number of hydrogen-bond donors (Lipinski definition) is 12. The number of nitrogens with zero attached hydrogens (tertiary/aromatic N) is 3. The van der Waals surface area contributed by atoms with E-state index in [1.54, 1.807) is 0 Å². The fourth-order valence-corrected chi connectivity index (χ4v) is 7.05. The smallest absolute Gasteiger partial charge is 0.245 e. The molecule has 16 N–H and O–H groups in total. The molecule has 0 bridgehead atoms. The van der Waals surface area contributed by atoms with E-state index in [9.17, 15) is 52.7 Å². The second-order valence-corrected chi connectivity index (χ2v) is 15.4. The summed E-state index contributed by atoms with van der Waals surface area (Å²) >= 11 is 0. The Balaban J connectivity index is 1.48. The van der Waals surface area contributed by atoms with Crippen LogP contribution in [0.3, 0.4) is 0 Å². The minimum atomic E-state index is -1.43. The Morgan fingerprint density at radius 1 is 0.652 bits per heavy atom. The zero-order valence-electron chi connectivity index (χ0n) is 36.7. The van der Waals surface area contributed by atoms with E-state index >= 15 is 0 Å². The summed E-state index contributed by atoms with van der Waals surface area (Å²) in [5.74, 6) is -7.92. The number of likely N-dealkylation sites (N-methyl/N-ethyl adjacent to an activating group) is 1. The van der Waals surface area contributed by atoms with E-state index in [0.29, 0.717) is 25.8 Å². The zero-order valence-corrected chi connectivity index (χ0v) is 36.7. The maximum atomic E-state index is 14.0. The lowest BCUT2D eigenvalue weighted by atomic mass is 10.0. The van der Waals surface area contributed by atoms with Crippen LogP contribution in [0, 0.1) is 0 Å². The molecule has 2 heterocycles. The first kappa shape index (κ1) is 53.0. The topological polar surface area (TPSA) is 407 Å². The molecule has 26 heteroatoms. The van der Waals surface area contributed by atoms with E-state index < -0.39 is 134 Å². The fraction of sp³-hybridized carbons (Fsp3) is 0.550. The van der Waals surface area contributed by atoms with Gasteiger partial charge in [-0.15, -0.1) is 0 Å². The molecule has 2 saturated heterocycles. The Morgan fingerprint density at radius 2 is 1.18 bits per heavy atom. The molecule has 3 rings (SSSR count). The summed E-state index contributed by atoms with van der Waals surface area (Å²) in [6.07, 6.45) is 1.68. The molecule has 0 saturated carbocycles. The van der Waals surface area contributed by atoms with Crippen molar-refractivity contribution in [1.82, 2.24) is 52.3 Å². The van der Waals surface area contributed by atoms with Crippen molar-refractivity contribution in [2.24, 2.45) is 27.9 Å². The molecule has 66 heavy (non-hydrogen) atoms. The van der Waals surface area contributed by atoms with Gasteiger partial charge >= 0.3 is 0 Å². The number of primary amides is 1. The van der Waals surface area contributed by atoms with E-state index in [1.807, 2.05) is 30.3 Å². The third kappa shape index (κ3) is 18.0. The second-order valence-electron chi connectivity index (χ2n) is 15.4. The first-order valence-corrected chi connectivity index (χ1v) is 21.3. The van der Waals surface area contributed by atoms with Gasteiger partial charge in [0, 0.05) is 26.7 Å². The Hall–Kier alpha value is -7.38. The van der Waals surface area contributed by atoms with E-state index in [0.717, 1.165) is 5.56 Å². The zero-order chi connectivity index (χ0) is 48.8. The molecule has 1 aromatic carbocycles. The number of benzene rings is 1. The van der Waals surface area contributed by atoms with Gasteiger partial charge in [-0.25, -0.2) is 0 Å². The summed E-state index contributed by atoms with van der Waals surface area (Å²) in [6.45, 7) is -2.23. The lowest BCUT2D eigenvalue weighted by molar-refractivity contribution is -0.143. The van der Waals surface area contributed by atoms with E-state index in [-0.39, 0.29) is 44.7 Å². The molecule has 362 valence electrons. The maximum Gasteiger partial charge on any atom is 0.245 e. The van der Waals surface area contributed by atoms with Crippen molar-refractivity contribution in [2.75, 3.05) is 59.4 Å². The molecule has 0 radical (unpaired) electrons. The average molecular weight is 928 g/mol. The minimum absolute atomic E-state index is 0.100. The maximum absolute atomic E-state index is 14.0. The van der Waals surface area contributed by atoms with Gasteiger partial charge in [0.15, 0.2) is 5.96 Å². The molecule has 0 aliphatic carbocycles. The Bertz CT molecular complexity index is 1960. The van der Waals surface area contributed by atoms with Crippen molar-refractivity contribution < 1.29 is 52.7 Å². The molecule has 11 amide bonds. The summed E-state index contributed by atoms with van der Waals surface area (Å²) in [5, 5.41) is 18.7. The highest BCUT2D eigenvalue weighted by Crippen LogP contribution is 2.22. The minimum Gasteiger partial charge on any atom is -0.370 e. The third-order valence-corrected chi connectivity index (χ3v) is 10.4. The van der Waals surface area contributed by atoms with Crippen molar-refractivity contribution in [3.05, 3.63) is 35.9 Å². The van der Waals surface area contributed by atoms with Crippen LogP contribution in [0.25, 0.3) is 0 Å². The van der Waals surface area contributed by atoms with Gasteiger partial charge in [0.25, 0.3) is 0 Å². The lowest BCUT2D eigenvalue weighted by Gasteiger charge is -2.31. The average Bonchev–Trinajstić information content (AvgIpc) is 3.99. The van der Waals surface area contributed by atoms with Gasteiger partial charge in [0.2, 0.25) is 65.0 Å². The molecule has 2 aliphatic rings. The molecule has 2 aliphatic heterocycles. The quantitative estimate of drug-likeness (QED) is 0.0246. The van der Waals surface area contributed by atoms with E-state index in [1.165, 1.54) is 16.8 Å². The monoisotopic (exact) mass is 927 g/mol. The molecular formula is C40H61N15O11. The van der Waals surface area contributed by atoms with Crippen LogP contribution in [0.2, 0.25) is 0 Å². The van der Waals surface area contributed by atoms with Crippen molar-refractivity contribution in [3.8, 4) is 0 Å². The van der Waals surface area contributed by atoms with Gasteiger partial charge < -0.3 is 75.3 Å². The third-order valence-electron chi connectivity index (χ3n) is 10.4. The highest BCUT2D eigenvalue weighted by molar-refractivity contribution is 5.97. The molecule has 5 atom stereocenters. The predicted molar refractivity (Wildman–Crippen MR) is 234 cm³/mol. The standard InChI is InChI=1S/C40H61N15O11/c1-45-30(57)18-50-35(62)26(17-29(42)56)52-34(61)22-49-32(59)20-47-31(58)19-48-33(60)21-51-36(63)27-11-6-15-55(27)39(66)25(10-5-13-46-40(43)44)53-37(64)28-12-7-14-54(28)38(65)24(41)16-23-8-3-2-4-9-23/h2-4,8-9,24-28H,5-7,10-22,41H2,1H3,(H2,42,56)(H,45,57)(H,47,58)(H,48,60)(H,49,59)(H,50,62)(H,51,63)(H,52,61)(H,53,64)(H4,43,44,46)/t24-,25+,26+,27+,28+/m1/s1. The van der Waals surface area contributed by atoms with Crippen molar-refractivity contribution in [1.29, 1.82) is 0 Å².